The SMILES string of the molecule is CC(C)=CCOCC1CCCN1. The topological polar surface area (TPSA) is 21.3 Å². The summed E-state index contributed by atoms with van der Waals surface area (Å²) in [6.45, 7) is 6.98. The quantitative estimate of drug-likeness (QED) is 0.511. The Balaban J connectivity index is 1.98. The van der Waals surface area contributed by atoms with Crippen LogP contribution in [0.4, 0.5) is 0 Å². The Morgan fingerprint density at radius 1 is 1.58 bits per heavy atom. The van der Waals surface area contributed by atoms with Crippen molar-refractivity contribution in [1.82, 2.24) is 5.32 Å². The highest BCUT2D eigenvalue weighted by Crippen LogP contribution is 2.04. The molecule has 1 aliphatic rings. The van der Waals surface area contributed by atoms with Crippen molar-refractivity contribution in [3.8, 4) is 0 Å². The molecule has 1 atom stereocenters. The van der Waals surface area contributed by atoms with Gasteiger partial charge in [0, 0.05) is 6.04 Å². The van der Waals surface area contributed by atoms with Gasteiger partial charge in [-0.2, -0.15) is 0 Å². The van der Waals surface area contributed by atoms with Crippen LogP contribution in [-0.4, -0.2) is 25.8 Å². The van der Waals surface area contributed by atoms with Gasteiger partial charge >= 0.3 is 0 Å². The van der Waals surface area contributed by atoms with Gasteiger partial charge < -0.3 is 10.1 Å². The van der Waals surface area contributed by atoms with Gasteiger partial charge in [-0.25, -0.2) is 0 Å². The zero-order valence-electron chi connectivity index (χ0n) is 8.10. The molecule has 0 aliphatic carbocycles. The molecule has 1 rings (SSSR count). The van der Waals surface area contributed by atoms with Crippen molar-refractivity contribution in [2.24, 2.45) is 0 Å². The summed E-state index contributed by atoms with van der Waals surface area (Å²) in [6, 6.07) is 0.607. The third-order valence-corrected chi connectivity index (χ3v) is 2.09. The van der Waals surface area contributed by atoms with Crippen LogP contribution in [0.15, 0.2) is 11.6 Å². The van der Waals surface area contributed by atoms with Crippen molar-refractivity contribution >= 4 is 0 Å². The molecule has 1 fully saturated rings. The van der Waals surface area contributed by atoms with E-state index in [0.717, 1.165) is 19.8 Å². The average Bonchev–Trinajstić information content (AvgIpc) is 2.49. The number of nitrogens with one attached hydrogen (secondary N) is 1. The second-order valence-electron chi connectivity index (χ2n) is 3.61. The van der Waals surface area contributed by atoms with Gasteiger partial charge in [-0.15, -0.1) is 0 Å². The predicted molar refractivity (Wildman–Crippen MR) is 51.3 cm³/mol. The van der Waals surface area contributed by atoms with Crippen LogP contribution in [0.3, 0.4) is 0 Å². The molecular weight excluding hydrogens is 150 g/mol. The zero-order chi connectivity index (χ0) is 8.81. The maximum atomic E-state index is 5.49. The lowest BCUT2D eigenvalue weighted by Gasteiger charge is -2.08. The van der Waals surface area contributed by atoms with Crippen molar-refractivity contribution < 1.29 is 4.74 Å². The Kier molecular flexibility index (Phi) is 4.33. The van der Waals surface area contributed by atoms with E-state index in [0.29, 0.717) is 6.04 Å². The lowest BCUT2D eigenvalue weighted by molar-refractivity contribution is 0.141. The molecule has 1 unspecified atom stereocenters. The van der Waals surface area contributed by atoms with Crippen molar-refractivity contribution in [3.63, 3.8) is 0 Å². The van der Waals surface area contributed by atoms with Gasteiger partial charge in [-0.1, -0.05) is 11.6 Å². The van der Waals surface area contributed by atoms with Crippen LogP contribution in [-0.2, 0) is 4.74 Å². The van der Waals surface area contributed by atoms with Crippen LogP contribution in [0.5, 0.6) is 0 Å². The van der Waals surface area contributed by atoms with E-state index in [9.17, 15) is 0 Å². The first-order chi connectivity index (χ1) is 5.79. The fourth-order valence-corrected chi connectivity index (χ4v) is 1.33. The second-order valence-corrected chi connectivity index (χ2v) is 3.61. The molecule has 12 heavy (non-hydrogen) atoms. The summed E-state index contributed by atoms with van der Waals surface area (Å²) in [7, 11) is 0. The first-order valence-corrected chi connectivity index (χ1v) is 4.73. The minimum absolute atomic E-state index is 0.607. The van der Waals surface area contributed by atoms with Crippen LogP contribution in [0.1, 0.15) is 26.7 Å². The van der Waals surface area contributed by atoms with Gasteiger partial charge in [0.2, 0.25) is 0 Å². The lowest BCUT2D eigenvalue weighted by Crippen LogP contribution is -2.26. The summed E-state index contributed by atoms with van der Waals surface area (Å²) in [6.07, 6.45) is 4.69. The Hall–Kier alpha value is -0.340. The van der Waals surface area contributed by atoms with Crippen LogP contribution < -0.4 is 5.32 Å². The summed E-state index contributed by atoms with van der Waals surface area (Å²) < 4.78 is 5.49. The van der Waals surface area contributed by atoms with E-state index in [4.69, 9.17) is 4.74 Å². The first-order valence-electron chi connectivity index (χ1n) is 4.73. The van der Waals surface area contributed by atoms with Crippen LogP contribution in [0.2, 0.25) is 0 Å². The largest absolute Gasteiger partial charge is 0.376 e. The number of hydrogen-bond donors (Lipinski definition) is 1. The van der Waals surface area contributed by atoms with E-state index < -0.39 is 0 Å². The maximum absolute atomic E-state index is 5.49. The molecule has 0 aromatic heterocycles. The molecule has 0 aromatic rings. The summed E-state index contributed by atoms with van der Waals surface area (Å²) in [5.41, 5.74) is 1.33. The normalized spacial score (nSPS) is 22.7. The van der Waals surface area contributed by atoms with Gasteiger partial charge in [-0.05, 0) is 33.2 Å². The Bertz CT molecular complexity index is 144. The van der Waals surface area contributed by atoms with E-state index in [1.165, 1.54) is 18.4 Å². The monoisotopic (exact) mass is 169 g/mol. The van der Waals surface area contributed by atoms with E-state index in [1.807, 2.05) is 0 Å². The molecule has 0 bridgehead atoms. The molecule has 1 heterocycles. The van der Waals surface area contributed by atoms with Gasteiger partial charge in [0.1, 0.15) is 0 Å². The molecule has 0 saturated carbocycles. The highest BCUT2D eigenvalue weighted by molar-refractivity contribution is 4.92. The molecule has 1 aliphatic heterocycles. The highest BCUT2D eigenvalue weighted by Gasteiger charge is 2.12. The maximum Gasteiger partial charge on any atom is 0.0650 e. The standard InChI is InChI=1S/C10H19NO/c1-9(2)5-7-12-8-10-4-3-6-11-10/h5,10-11H,3-4,6-8H2,1-2H3. The van der Waals surface area contributed by atoms with E-state index in [-0.39, 0.29) is 0 Å². The number of hydrogen-bond acceptors (Lipinski definition) is 2. The highest BCUT2D eigenvalue weighted by atomic mass is 16.5. The summed E-state index contributed by atoms with van der Waals surface area (Å²) in [5.74, 6) is 0. The third-order valence-electron chi connectivity index (χ3n) is 2.09. The minimum atomic E-state index is 0.607. The van der Waals surface area contributed by atoms with Crippen molar-refractivity contribution in [2.45, 2.75) is 32.7 Å². The van der Waals surface area contributed by atoms with E-state index in [1.54, 1.807) is 0 Å². The number of allylic oxidation sites excluding steroid dienone is 1. The van der Waals surface area contributed by atoms with E-state index in [2.05, 4.69) is 25.2 Å². The van der Waals surface area contributed by atoms with Gasteiger partial charge in [0.05, 0.1) is 13.2 Å². The molecule has 2 nitrogen and oxygen atoms in total. The molecule has 1 N–H and O–H groups in total. The molecule has 2 heteroatoms. The second kappa shape index (κ2) is 5.33. The van der Waals surface area contributed by atoms with E-state index >= 15 is 0 Å². The Labute approximate surface area is 75.0 Å². The Morgan fingerprint density at radius 2 is 2.42 bits per heavy atom. The van der Waals surface area contributed by atoms with Crippen molar-refractivity contribution in [1.29, 1.82) is 0 Å². The summed E-state index contributed by atoms with van der Waals surface area (Å²) in [5, 5.41) is 3.40. The zero-order valence-corrected chi connectivity index (χ0v) is 8.10. The van der Waals surface area contributed by atoms with Crippen LogP contribution >= 0.6 is 0 Å². The third kappa shape index (κ3) is 3.88. The van der Waals surface area contributed by atoms with Crippen molar-refractivity contribution in [3.05, 3.63) is 11.6 Å². The smallest absolute Gasteiger partial charge is 0.0650 e. The van der Waals surface area contributed by atoms with Gasteiger partial charge in [0.25, 0.3) is 0 Å². The fraction of sp³-hybridized carbons (Fsp3) is 0.800. The average molecular weight is 169 g/mol. The van der Waals surface area contributed by atoms with Crippen molar-refractivity contribution in [2.75, 3.05) is 19.8 Å². The summed E-state index contributed by atoms with van der Waals surface area (Å²) in [4.78, 5) is 0. The molecule has 0 radical (unpaired) electrons. The molecule has 0 amide bonds. The lowest BCUT2D eigenvalue weighted by atomic mass is 10.2. The van der Waals surface area contributed by atoms with Crippen LogP contribution in [0.25, 0.3) is 0 Å². The van der Waals surface area contributed by atoms with Gasteiger partial charge in [0.15, 0.2) is 0 Å². The number of ether oxygens (including phenoxy) is 1. The molecule has 70 valence electrons. The molecule has 0 spiro atoms. The predicted octanol–water partition coefficient (Wildman–Crippen LogP) is 1.72. The molecular formula is C10H19NO. The number of rotatable bonds is 4. The van der Waals surface area contributed by atoms with Gasteiger partial charge in [-0.3, -0.25) is 0 Å². The molecule has 0 aromatic carbocycles. The van der Waals surface area contributed by atoms with Crippen LogP contribution in [0, 0.1) is 0 Å². The fourth-order valence-electron chi connectivity index (χ4n) is 1.33. The first kappa shape index (κ1) is 9.75. The summed E-state index contributed by atoms with van der Waals surface area (Å²) >= 11 is 0. The minimum Gasteiger partial charge on any atom is -0.376 e. The Morgan fingerprint density at radius 3 is 3.00 bits per heavy atom. The molecule has 1 saturated heterocycles.